The number of carbonyl (C=O) groups excluding carboxylic acids is 5. The van der Waals surface area contributed by atoms with Gasteiger partial charge in [0.05, 0.1) is 30.1 Å². The van der Waals surface area contributed by atoms with Gasteiger partial charge in [-0.25, -0.2) is 9.97 Å². The summed E-state index contributed by atoms with van der Waals surface area (Å²) in [4.78, 5) is 80.8. The van der Waals surface area contributed by atoms with Gasteiger partial charge in [-0.2, -0.15) is 5.26 Å². The van der Waals surface area contributed by atoms with Crippen LogP contribution >= 0.6 is 0 Å². The van der Waals surface area contributed by atoms with Crippen molar-refractivity contribution in [3.8, 4) is 45.8 Å². The Morgan fingerprint density at radius 3 is 2.23 bits per heavy atom. The first-order valence-corrected chi connectivity index (χ1v) is 21.2. The lowest BCUT2D eigenvalue weighted by molar-refractivity contribution is -0.141. The minimum Gasteiger partial charge on any atom is -0.508 e. The smallest absolute Gasteiger partial charge is 0.255 e. The lowest BCUT2D eigenvalue weighted by Crippen LogP contribution is -2.56. The number of aromatic hydroxyl groups is 1. The van der Waals surface area contributed by atoms with E-state index in [4.69, 9.17) is 26.2 Å². The SMILES string of the molecule is COc1cc(O)c2cc1-c1cc(ccc1OCCN)[C@H](N(C)C(=O)[C@H](CCN)NC(=O)c1c(C)nc(-c3ccc(C(C)(C)C)cc3)nc1C)C(=O)N[C@@H](C)C(=O)N[C@H](C(=O)NCC#N)C2. The molecule has 0 unspecified atom stereocenters. The van der Waals surface area contributed by atoms with E-state index in [1.165, 1.54) is 27.1 Å². The second kappa shape index (κ2) is 21.1. The molecule has 1 aliphatic heterocycles. The number of phenolic OH excluding ortho intramolecular Hbond substituents is 1. The quantitative estimate of drug-likeness (QED) is 0.0953. The summed E-state index contributed by atoms with van der Waals surface area (Å²) >= 11 is 0. The number of rotatable bonds is 13. The molecule has 5 amide bonds. The fraction of sp³-hybridized carbons (Fsp3) is 0.404. The summed E-state index contributed by atoms with van der Waals surface area (Å²) in [5.41, 5.74) is 15.9. The lowest BCUT2D eigenvalue weighted by Gasteiger charge is -2.32. The van der Waals surface area contributed by atoms with Crippen molar-refractivity contribution >= 4 is 29.5 Å². The number of nitrogens with zero attached hydrogens (tertiary/aromatic N) is 4. The van der Waals surface area contributed by atoms with Crippen LogP contribution in [-0.4, -0.2) is 108 Å². The summed E-state index contributed by atoms with van der Waals surface area (Å²) in [5, 5.41) is 30.8. The number of ether oxygens (including phenoxy) is 2. The van der Waals surface area contributed by atoms with Crippen LogP contribution in [0.4, 0.5) is 0 Å². The minimum atomic E-state index is -1.44. The summed E-state index contributed by atoms with van der Waals surface area (Å²) in [6.45, 7) is 11.0. The number of likely N-dealkylation sites (N-methyl/N-ethyl adjacent to an activating group) is 1. The Morgan fingerprint density at radius 2 is 1.63 bits per heavy atom. The average Bonchev–Trinajstić information content (AvgIpc) is 3.26. The van der Waals surface area contributed by atoms with Crippen molar-refractivity contribution in [2.24, 2.45) is 11.5 Å². The van der Waals surface area contributed by atoms with Gasteiger partial charge >= 0.3 is 0 Å². The van der Waals surface area contributed by atoms with Crippen LogP contribution in [0.15, 0.2) is 54.6 Å². The highest BCUT2D eigenvalue weighted by molar-refractivity contribution is 6.00. The third-order valence-corrected chi connectivity index (χ3v) is 11.1. The normalized spacial score (nSPS) is 16.7. The van der Waals surface area contributed by atoms with Crippen LogP contribution in [0.1, 0.15) is 78.6 Å². The lowest BCUT2D eigenvalue weighted by atomic mass is 9.86. The monoisotopic (exact) mass is 890 g/mol. The van der Waals surface area contributed by atoms with Crippen LogP contribution in [0.2, 0.25) is 0 Å². The van der Waals surface area contributed by atoms with Crippen molar-refractivity contribution in [2.45, 2.75) is 84.0 Å². The number of aromatic nitrogens is 2. The zero-order valence-electron chi connectivity index (χ0n) is 38.0. The number of nitrogens with two attached hydrogens (primary N) is 2. The highest BCUT2D eigenvalue weighted by Gasteiger charge is 2.37. The number of benzene rings is 3. The van der Waals surface area contributed by atoms with Crippen LogP contribution < -0.4 is 42.2 Å². The van der Waals surface area contributed by atoms with Gasteiger partial charge in [0.1, 0.15) is 54.6 Å². The Hall–Kier alpha value is -7.10. The number of nitriles is 1. The molecule has 0 radical (unpaired) electrons. The van der Waals surface area contributed by atoms with E-state index in [0.29, 0.717) is 34.1 Å². The molecule has 18 heteroatoms. The van der Waals surface area contributed by atoms with Gasteiger partial charge in [0.15, 0.2) is 5.82 Å². The molecule has 0 fully saturated rings. The standard InChI is InChI=1S/C47H58N10O8/c1-25-39(26(2)53-41(52-25)28-9-12-31(13-10-28)47(4,5)6)44(61)55-34(15-16-48)46(63)57(7)40-29-11-14-37(65-20-18-50)32(21-29)33-22-30(36(58)24-38(33)64-8)23-35(43(60)51-19-17-49)56-42(59)27(3)54-45(40)62/h9-14,21-22,24,27,34-35,40,58H,15-16,18-20,23,48,50H2,1-8H3,(H,51,60)(H,54,62)(H,55,61)(H,56,59)/t27-,34-,35-,40-/m0/s1. The average molecular weight is 891 g/mol. The van der Waals surface area contributed by atoms with Crippen molar-refractivity contribution in [1.82, 2.24) is 36.1 Å². The number of methoxy groups -OCH3 is 1. The van der Waals surface area contributed by atoms with Crippen molar-refractivity contribution in [3.63, 3.8) is 0 Å². The number of fused-ring (bicyclic) bond motifs is 5. The van der Waals surface area contributed by atoms with E-state index in [1.54, 1.807) is 38.1 Å². The molecule has 0 aliphatic carbocycles. The maximum absolute atomic E-state index is 14.7. The predicted molar refractivity (Wildman–Crippen MR) is 243 cm³/mol. The number of nitrogens with one attached hydrogen (secondary N) is 4. The highest BCUT2D eigenvalue weighted by atomic mass is 16.5. The van der Waals surface area contributed by atoms with Crippen LogP contribution in [0.25, 0.3) is 22.5 Å². The van der Waals surface area contributed by atoms with Gasteiger partial charge in [0, 0.05) is 42.8 Å². The fourth-order valence-corrected chi connectivity index (χ4v) is 7.59. The van der Waals surface area contributed by atoms with E-state index in [0.717, 1.165) is 16.0 Å². The second-order valence-corrected chi connectivity index (χ2v) is 16.8. The summed E-state index contributed by atoms with van der Waals surface area (Å²) in [6.07, 6.45) is -0.237. The molecule has 0 saturated heterocycles. The summed E-state index contributed by atoms with van der Waals surface area (Å²) in [5.74, 6) is -2.88. The van der Waals surface area contributed by atoms with Crippen molar-refractivity contribution in [1.29, 1.82) is 5.26 Å². The third kappa shape index (κ3) is 11.4. The Morgan fingerprint density at radius 1 is 0.969 bits per heavy atom. The summed E-state index contributed by atoms with van der Waals surface area (Å²) in [6, 6.07) is 12.2. The molecular formula is C47H58N10O8. The molecule has 1 aromatic heterocycles. The van der Waals surface area contributed by atoms with Crippen molar-refractivity contribution in [2.75, 3.05) is 40.4 Å². The predicted octanol–water partition coefficient (Wildman–Crippen LogP) is 2.61. The number of hydrogen-bond donors (Lipinski definition) is 7. The molecule has 4 aromatic rings. The van der Waals surface area contributed by atoms with Crippen molar-refractivity contribution in [3.05, 3.63) is 88.2 Å². The molecule has 1 aliphatic rings. The minimum absolute atomic E-state index is 0.0139. The largest absolute Gasteiger partial charge is 0.508 e. The van der Waals surface area contributed by atoms with Gasteiger partial charge in [-0.15, -0.1) is 0 Å². The molecule has 4 atom stereocenters. The van der Waals surface area contributed by atoms with E-state index in [1.807, 2.05) is 30.3 Å². The van der Waals surface area contributed by atoms with Crippen LogP contribution in [0, 0.1) is 25.2 Å². The molecule has 9 N–H and O–H groups in total. The molecule has 3 aromatic carbocycles. The summed E-state index contributed by atoms with van der Waals surface area (Å²) in [7, 11) is 2.78. The van der Waals surface area contributed by atoms with Crippen LogP contribution in [0.5, 0.6) is 17.2 Å². The maximum Gasteiger partial charge on any atom is 0.255 e. The molecule has 2 heterocycles. The summed E-state index contributed by atoms with van der Waals surface area (Å²) < 4.78 is 11.7. The van der Waals surface area contributed by atoms with Gasteiger partial charge < -0.3 is 52.2 Å². The fourth-order valence-electron chi connectivity index (χ4n) is 7.59. The second-order valence-electron chi connectivity index (χ2n) is 16.8. The Kier molecular flexibility index (Phi) is 15.8. The molecule has 65 heavy (non-hydrogen) atoms. The van der Waals surface area contributed by atoms with Crippen LogP contribution in [0.3, 0.4) is 0 Å². The maximum atomic E-state index is 14.7. The number of aryl methyl sites for hydroxylation is 2. The number of hydrogen-bond acceptors (Lipinski definition) is 13. The highest BCUT2D eigenvalue weighted by Crippen LogP contribution is 2.42. The van der Waals surface area contributed by atoms with Gasteiger partial charge in [-0.1, -0.05) is 51.1 Å². The first-order valence-electron chi connectivity index (χ1n) is 21.2. The van der Waals surface area contributed by atoms with E-state index in [9.17, 15) is 29.1 Å². The van der Waals surface area contributed by atoms with Gasteiger partial charge in [-0.05, 0) is 74.0 Å². The Bertz CT molecular complexity index is 2460. The van der Waals surface area contributed by atoms with Crippen molar-refractivity contribution < 1.29 is 38.6 Å². The zero-order chi connectivity index (χ0) is 47.7. The topological polar surface area (TPSA) is 277 Å². The van der Waals surface area contributed by atoms with E-state index < -0.39 is 53.7 Å². The molecule has 4 bridgehead atoms. The van der Waals surface area contributed by atoms with E-state index in [-0.39, 0.29) is 72.7 Å². The first kappa shape index (κ1) is 48.9. The number of phenols is 1. The molecule has 0 saturated carbocycles. The van der Waals surface area contributed by atoms with E-state index in [2.05, 4.69) is 52.0 Å². The molecule has 5 rings (SSSR count). The molecule has 0 spiro atoms. The Labute approximate surface area is 378 Å². The molecular weight excluding hydrogens is 833 g/mol. The first-order chi connectivity index (χ1) is 30.8. The zero-order valence-corrected chi connectivity index (χ0v) is 38.0. The van der Waals surface area contributed by atoms with Gasteiger partial charge in [0.25, 0.3) is 5.91 Å². The van der Waals surface area contributed by atoms with Crippen LogP contribution in [-0.2, 0) is 31.0 Å². The molecule has 18 nitrogen and oxygen atoms in total. The van der Waals surface area contributed by atoms with E-state index >= 15 is 0 Å². The van der Waals surface area contributed by atoms with Gasteiger partial charge in [-0.3, -0.25) is 24.0 Å². The number of carbonyl (C=O) groups is 5. The third-order valence-electron chi connectivity index (χ3n) is 11.1. The van der Waals surface area contributed by atoms with Gasteiger partial charge in [0.2, 0.25) is 23.6 Å². The molecule has 344 valence electrons. The Balaban J connectivity index is 1.57. The number of amides is 5.